The van der Waals surface area contributed by atoms with Crippen molar-refractivity contribution in [3.8, 4) is 5.75 Å². The van der Waals surface area contributed by atoms with E-state index in [1.807, 2.05) is 12.1 Å². The zero-order valence-corrected chi connectivity index (χ0v) is 13.4. The van der Waals surface area contributed by atoms with Crippen LogP contribution in [0.15, 0.2) is 54.7 Å². The lowest BCUT2D eigenvalue weighted by atomic mass is 10.0. The van der Waals surface area contributed by atoms with Gasteiger partial charge in [0.2, 0.25) is 0 Å². The Morgan fingerprint density at radius 2 is 1.90 bits per heavy atom. The number of nitrogens with zero attached hydrogens (tertiary/aromatic N) is 1. The summed E-state index contributed by atoms with van der Waals surface area (Å²) in [6.45, 7) is 2.54. The van der Waals surface area contributed by atoms with Crippen LogP contribution in [0.25, 0.3) is 10.8 Å². The first kappa shape index (κ1) is 14.1. The number of pyridine rings is 1. The first-order chi connectivity index (χ1) is 10.3. The number of hydrogen-bond acceptors (Lipinski definition) is 2. The van der Waals surface area contributed by atoms with Gasteiger partial charge in [0.15, 0.2) is 0 Å². The van der Waals surface area contributed by atoms with Crippen LogP contribution in [-0.4, -0.2) is 4.98 Å². The number of benzene rings is 2. The third kappa shape index (κ3) is 2.93. The molecule has 0 saturated heterocycles. The van der Waals surface area contributed by atoms with Crippen LogP contribution in [0.2, 0.25) is 0 Å². The molecule has 1 aromatic heterocycles. The van der Waals surface area contributed by atoms with Gasteiger partial charge in [0, 0.05) is 17.1 Å². The molecule has 0 aliphatic rings. The lowest BCUT2D eigenvalue weighted by Crippen LogP contribution is -2.02. The fourth-order valence-electron chi connectivity index (χ4n) is 2.40. The maximum atomic E-state index is 6.01. The molecule has 0 aliphatic heterocycles. The number of hydrogen-bond donors (Lipinski definition) is 0. The molecule has 0 amide bonds. The third-order valence-corrected chi connectivity index (χ3v) is 4.17. The van der Waals surface area contributed by atoms with Gasteiger partial charge >= 0.3 is 0 Å². The highest BCUT2D eigenvalue weighted by atomic mass is 79.9. The van der Waals surface area contributed by atoms with Crippen LogP contribution < -0.4 is 4.74 Å². The Kier molecular flexibility index (Phi) is 4.20. The van der Waals surface area contributed by atoms with Crippen molar-refractivity contribution in [2.75, 3.05) is 0 Å². The van der Waals surface area contributed by atoms with Crippen LogP contribution in [-0.2, 0) is 11.9 Å². The van der Waals surface area contributed by atoms with Gasteiger partial charge < -0.3 is 4.74 Å². The summed E-state index contributed by atoms with van der Waals surface area (Å²) in [7, 11) is 0. The van der Waals surface area contributed by atoms with Crippen LogP contribution in [0.1, 0.15) is 16.8 Å². The number of aromatic nitrogens is 1. The minimum atomic E-state index is 0.491. The van der Waals surface area contributed by atoms with E-state index in [2.05, 4.69) is 64.2 Å². The van der Waals surface area contributed by atoms with Gasteiger partial charge in [-0.15, -0.1) is 0 Å². The highest BCUT2D eigenvalue weighted by Crippen LogP contribution is 2.30. The van der Waals surface area contributed by atoms with Crippen molar-refractivity contribution in [3.63, 3.8) is 0 Å². The maximum Gasteiger partial charge on any atom is 0.130 e. The molecule has 0 atom stereocenters. The molecular weight excluding hydrogens is 326 g/mol. The third-order valence-electron chi connectivity index (χ3n) is 3.61. The minimum absolute atomic E-state index is 0.491. The minimum Gasteiger partial charge on any atom is -0.487 e. The molecular formula is C18H16BrNO. The molecule has 3 aromatic rings. The zero-order chi connectivity index (χ0) is 14.7. The summed E-state index contributed by atoms with van der Waals surface area (Å²) in [5, 5.41) is 3.23. The van der Waals surface area contributed by atoms with E-state index >= 15 is 0 Å². The molecule has 2 nitrogen and oxygen atoms in total. The summed E-state index contributed by atoms with van der Waals surface area (Å²) in [6, 6.07) is 16.5. The molecule has 0 unspecified atom stereocenters. The van der Waals surface area contributed by atoms with Crippen LogP contribution in [0.3, 0.4) is 0 Å². The molecule has 3 rings (SSSR count). The molecule has 2 aromatic carbocycles. The normalized spacial score (nSPS) is 10.8. The predicted molar refractivity (Wildman–Crippen MR) is 89.9 cm³/mol. The van der Waals surface area contributed by atoms with Crippen molar-refractivity contribution in [1.29, 1.82) is 0 Å². The summed E-state index contributed by atoms with van der Waals surface area (Å²) in [6.07, 6.45) is 1.80. The lowest BCUT2D eigenvalue weighted by molar-refractivity contribution is 0.299. The second-order valence-corrected chi connectivity index (χ2v) is 5.51. The Morgan fingerprint density at radius 1 is 1.05 bits per heavy atom. The smallest absolute Gasteiger partial charge is 0.130 e. The van der Waals surface area contributed by atoms with Crippen molar-refractivity contribution in [3.05, 3.63) is 71.5 Å². The molecule has 0 saturated carbocycles. The van der Waals surface area contributed by atoms with E-state index in [1.165, 1.54) is 16.3 Å². The van der Waals surface area contributed by atoms with Crippen molar-refractivity contribution >= 4 is 26.7 Å². The first-order valence-electron chi connectivity index (χ1n) is 6.89. The van der Waals surface area contributed by atoms with Crippen molar-refractivity contribution < 1.29 is 4.74 Å². The standard InChI is InChI=1S/C18H16BrNO/c1-13-5-4-10-20-17(13)12-21-18-9-8-14-6-2-3-7-15(14)16(18)11-19/h2-10H,11-12H2,1H3. The molecule has 0 spiro atoms. The van der Waals surface area contributed by atoms with Gasteiger partial charge in [-0.05, 0) is 35.4 Å². The van der Waals surface area contributed by atoms with Gasteiger partial charge in [-0.1, -0.05) is 52.3 Å². The molecule has 0 aliphatic carbocycles. The second kappa shape index (κ2) is 6.27. The van der Waals surface area contributed by atoms with Gasteiger partial charge in [0.05, 0.1) is 5.69 Å². The lowest BCUT2D eigenvalue weighted by Gasteiger charge is -2.13. The summed E-state index contributed by atoms with van der Waals surface area (Å²) in [5.41, 5.74) is 3.31. The average Bonchev–Trinajstić information content (AvgIpc) is 2.53. The summed E-state index contributed by atoms with van der Waals surface area (Å²) < 4.78 is 6.01. The first-order valence-corrected chi connectivity index (χ1v) is 8.01. The molecule has 0 bridgehead atoms. The SMILES string of the molecule is Cc1cccnc1COc1ccc2ccccc2c1CBr. The summed E-state index contributed by atoms with van der Waals surface area (Å²) >= 11 is 3.57. The van der Waals surface area contributed by atoms with Crippen LogP contribution in [0.4, 0.5) is 0 Å². The van der Waals surface area contributed by atoms with Gasteiger partial charge in [0.25, 0.3) is 0 Å². The highest BCUT2D eigenvalue weighted by molar-refractivity contribution is 9.08. The number of rotatable bonds is 4. The molecule has 0 radical (unpaired) electrons. The highest BCUT2D eigenvalue weighted by Gasteiger charge is 2.08. The number of halogens is 1. The van der Waals surface area contributed by atoms with E-state index in [-0.39, 0.29) is 0 Å². The average molecular weight is 342 g/mol. The van der Waals surface area contributed by atoms with E-state index in [0.717, 1.165) is 22.3 Å². The number of alkyl halides is 1. The van der Waals surface area contributed by atoms with E-state index in [1.54, 1.807) is 6.20 Å². The van der Waals surface area contributed by atoms with Gasteiger partial charge in [-0.25, -0.2) is 0 Å². The quantitative estimate of drug-likeness (QED) is 0.621. The zero-order valence-electron chi connectivity index (χ0n) is 11.8. The maximum absolute atomic E-state index is 6.01. The van der Waals surface area contributed by atoms with Crippen LogP contribution in [0, 0.1) is 6.92 Å². The van der Waals surface area contributed by atoms with Crippen LogP contribution in [0.5, 0.6) is 5.75 Å². The predicted octanol–water partition coefficient (Wildman–Crippen LogP) is 5.02. The molecule has 0 fully saturated rings. The fraction of sp³-hybridized carbons (Fsp3) is 0.167. The Labute approximate surface area is 132 Å². The Bertz CT molecular complexity index is 770. The van der Waals surface area contributed by atoms with Crippen molar-refractivity contribution in [2.24, 2.45) is 0 Å². The molecule has 106 valence electrons. The molecule has 1 heterocycles. The van der Waals surface area contributed by atoms with Gasteiger partial charge in [-0.3, -0.25) is 4.98 Å². The number of aryl methyl sites for hydroxylation is 1. The van der Waals surface area contributed by atoms with E-state index in [0.29, 0.717) is 6.61 Å². The van der Waals surface area contributed by atoms with Gasteiger partial charge in [0.1, 0.15) is 12.4 Å². The van der Waals surface area contributed by atoms with Crippen molar-refractivity contribution in [2.45, 2.75) is 18.9 Å². The van der Waals surface area contributed by atoms with E-state index < -0.39 is 0 Å². The van der Waals surface area contributed by atoms with Gasteiger partial charge in [-0.2, -0.15) is 0 Å². The fourth-order valence-corrected chi connectivity index (χ4v) is 2.98. The largest absolute Gasteiger partial charge is 0.487 e. The van der Waals surface area contributed by atoms with E-state index in [4.69, 9.17) is 4.74 Å². The molecule has 0 N–H and O–H groups in total. The number of ether oxygens (including phenoxy) is 1. The molecule has 3 heteroatoms. The number of fused-ring (bicyclic) bond motifs is 1. The van der Waals surface area contributed by atoms with E-state index in [9.17, 15) is 0 Å². The Hall–Kier alpha value is -1.87. The monoisotopic (exact) mass is 341 g/mol. The topological polar surface area (TPSA) is 22.1 Å². The van der Waals surface area contributed by atoms with Crippen LogP contribution >= 0.6 is 15.9 Å². The second-order valence-electron chi connectivity index (χ2n) is 4.95. The summed E-state index contributed by atoms with van der Waals surface area (Å²) in [4.78, 5) is 4.37. The summed E-state index contributed by atoms with van der Waals surface area (Å²) in [5.74, 6) is 0.913. The Balaban J connectivity index is 1.92. The Morgan fingerprint density at radius 3 is 2.71 bits per heavy atom. The molecule has 21 heavy (non-hydrogen) atoms. The van der Waals surface area contributed by atoms with Crippen molar-refractivity contribution in [1.82, 2.24) is 4.98 Å².